The maximum Gasteiger partial charge on any atom is 0.407 e. The number of likely N-dealkylation sites (tertiary alicyclic amines) is 1. The number of ether oxygens (including phenoxy) is 3. The van der Waals surface area contributed by atoms with Crippen molar-refractivity contribution in [1.29, 1.82) is 0 Å². The largest absolute Gasteiger partial charge is 0.493 e. The summed E-state index contributed by atoms with van der Waals surface area (Å²) in [5, 5.41) is 12.5. The number of carboxylic acid groups (broad SMARTS) is 1. The number of rotatable bonds is 11. The summed E-state index contributed by atoms with van der Waals surface area (Å²) in [7, 11) is 1.56. The van der Waals surface area contributed by atoms with Crippen LogP contribution < -0.4 is 14.8 Å². The normalized spacial score (nSPS) is 16.0. The molecule has 1 aliphatic carbocycles. The fraction of sp³-hybridized carbons (Fsp3) is 0.394. The second-order valence-corrected chi connectivity index (χ2v) is 10.9. The molecule has 2 aliphatic rings. The molecule has 8 heteroatoms. The number of fused-ring (bicyclic) bond motifs is 3. The van der Waals surface area contributed by atoms with Crippen LogP contribution in [-0.4, -0.2) is 68.1 Å². The van der Waals surface area contributed by atoms with Gasteiger partial charge in [-0.15, -0.1) is 0 Å². The first-order valence-electron chi connectivity index (χ1n) is 14.3. The van der Waals surface area contributed by atoms with E-state index < -0.39 is 18.1 Å². The van der Waals surface area contributed by atoms with Crippen molar-refractivity contribution in [2.24, 2.45) is 5.92 Å². The molecule has 5 rings (SSSR count). The van der Waals surface area contributed by atoms with E-state index in [9.17, 15) is 14.7 Å². The molecule has 2 N–H and O–H groups in total. The smallest absolute Gasteiger partial charge is 0.407 e. The quantitative estimate of drug-likeness (QED) is 0.328. The molecule has 1 amide bonds. The summed E-state index contributed by atoms with van der Waals surface area (Å²) in [6.07, 6.45) is 1.61. The highest BCUT2D eigenvalue weighted by Crippen LogP contribution is 2.44. The number of alkyl carbamates (subject to hydrolysis) is 1. The lowest BCUT2D eigenvalue weighted by atomic mass is 9.98. The van der Waals surface area contributed by atoms with Gasteiger partial charge >= 0.3 is 12.1 Å². The summed E-state index contributed by atoms with van der Waals surface area (Å²) in [6.45, 7) is 5.73. The lowest BCUT2D eigenvalue weighted by Crippen LogP contribution is -2.43. The monoisotopic (exact) mass is 558 g/mol. The van der Waals surface area contributed by atoms with Gasteiger partial charge in [-0.1, -0.05) is 67.6 Å². The van der Waals surface area contributed by atoms with Crippen LogP contribution in [0.2, 0.25) is 0 Å². The summed E-state index contributed by atoms with van der Waals surface area (Å²) in [5.41, 5.74) is 5.08. The maximum absolute atomic E-state index is 12.8. The molecule has 1 unspecified atom stereocenters. The number of methoxy groups -OCH3 is 1. The van der Waals surface area contributed by atoms with E-state index in [0.29, 0.717) is 23.7 Å². The lowest BCUT2D eigenvalue weighted by Gasteiger charge is -2.30. The van der Waals surface area contributed by atoms with Gasteiger partial charge in [-0.2, -0.15) is 0 Å². The van der Waals surface area contributed by atoms with Crippen molar-refractivity contribution in [3.8, 4) is 22.6 Å². The van der Waals surface area contributed by atoms with E-state index in [1.165, 1.54) is 12.8 Å². The Morgan fingerprint density at radius 2 is 1.63 bits per heavy atom. The fourth-order valence-electron chi connectivity index (χ4n) is 5.81. The number of nitrogens with one attached hydrogen (secondary N) is 1. The molecule has 1 atom stereocenters. The van der Waals surface area contributed by atoms with E-state index in [-0.39, 0.29) is 18.9 Å². The number of carbonyl (C=O) groups is 2. The number of nitrogens with zero attached hydrogens (tertiary/aromatic N) is 1. The van der Waals surface area contributed by atoms with Crippen LogP contribution in [0.5, 0.6) is 11.5 Å². The number of aliphatic carboxylic acids is 1. The molecule has 0 bridgehead atoms. The first kappa shape index (κ1) is 28.5. The molecule has 0 aromatic heterocycles. The SMILES string of the molecule is COc1cccc(CC(NC(=O)OCC2c3ccccc3-c3ccccc32)C(=O)O)c1OCCN1CCC(C)CC1. The van der Waals surface area contributed by atoms with E-state index in [1.54, 1.807) is 25.3 Å². The van der Waals surface area contributed by atoms with Gasteiger partial charge in [0.1, 0.15) is 19.3 Å². The van der Waals surface area contributed by atoms with Crippen molar-refractivity contribution in [1.82, 2.24) is 10.2 Å². The molecule has 0 radical (unpaired) electrons. The number of piperidine rings is 1. The minimum atomic E-state index is -1.20. The van der Waals surface area contributed by atoms with Crippen LogP contribution in [0.15, 0.2) is 66.7 Å². The van der Waals surface area contributed by atoms with E-state index in [4.69, 9.17) is 14.2 Å². The Kier molecular flexibility index (Phi) is 9.09. The van der Waals surface area contributed by atoms with Gasteiger partial charge in [0, 0.05) is 24.4 Å². The molecule has 1 aliphatic heterocycles. The Labute approximate surface area is 241 Å². The molecule has 1 fully saturated rings. The second kappa shape index (κ2) is 13.1. The highest BCUT2D eigenvalue weighted by molar-refractivity contribution is 5.81. The van der Waals surface area contributed by atoms with Crippen LogP contribution >= 0.6 is 0 Å². The van der Waals surface area contributed by atoms with Crippen molar-refractivity contribution in [3.05, 3.63) is 83.4 Å². The van der Waals surface area contributed by atoms with Crippen LogP contribution in [0.1, 0.15) is 42.4 Å². The third-order valence-electron chi connectivity index (χ3n) is 8.17. The lowest BCUT2D eigenvalue weighted by molar-refractivity contribution is -0.139. The molecule has 0 spiro atoms. The Bertz CT molecular complexity index is 1320. The van der Waals surface area contributed by atoms with E-state index in [1.807, 2.05) is 36.4 Å². The number of hydrogen-bond donors (Lipinski definition) is 2. The van der Waals surface area contributed by atoms with Gasteiger partial charge in [0.05, 0.1) is 7.11 Å². The standard InChI is InChI=1S/C33H38N2O6/c1-22-14-16-35(17-15-22)18-19-40-31-23(8-7-13-30(31)39-2)20-29(32(36)37)34-33(38)41-21-28-26-11-5-3-9-24(26)25-10-4-6-12-27(25)28/h3-13,22,28-29H,14-21H2,1-2H3,(H,34,38)(H,36,37). The Hall–Kier alpha value is -4.04. The summed E-state index contributed by atoms with van der Waals surface area (Å²) in [5.74, 6) is 0.513. The zero-order valence-corrected chi connectivity index (χ0v) is 23.7. The predicted octanol–water partition coefficient (Wildman–Crippen LogP) is 5.34. The van der Waals surface area contributed by atoms with Gasteiger partial charge < -0.3 is 24.6 Å². The van der Waals surface area contributed by atoms with Crippen molar-refractivity contribution >= 4 is 12.1 Å². The molecule has 0 saturated carbocycles. The fourth-order valence-corrected chi connectivity index (χ4v) is 5.81. The van der Waals surface area contributed by atoms with Crippen molar-refractivity contribution in [2.45, 2.75) is 38.1 Å². The van der Waals surface area contributed by atoms with Crippen molar-refractivity contribution < 1.29 is 28.9 Å². The number of amides is 1. The van der Waals surface area contributed by atoms with Crippen molar-refractivity contribution in [2.75, 3.05) is 40.0 Å². The minimum absolute atomic E-state index is 0.0211. The highest BCUT2D eigenvalue weighted by Gasteiger charge is 2.30. The number of carbonyl (C=O) groups excluding carboxylic acids is 1. The summed E-state index contributed by atoms with van der Waals surface area (Å²) in [6, 6.07) is 20.3. The van der Waals surface area contributed by atoms with Crippen LogP contribution in [0.25, 0.3) is 11.1 Å². The number of para-hydroxylation sites is 1. The second-order valence-electron chi connectivity index (χ2n) is 10.9. The molecule has 1 heterocycles. The summed E-state index contributed by atoms with van der Waals surface area (Å²) >= 11 is 0. The molecular formula is C33H38N2O6. The number of hydrogen-bond acceptors (Lipinski definition) is 6. The molecule has 41 heavy (non-hydrogen) atoms. The first-order valence-corrected chi connectivity index (χ1v) is 14.3. The molecule has 1 saturated heterocycles. The van der Waals surface area contributed by atoms with Gasteiger partial charge in [-0.3, -0.25) is 4.90 Å². The van der Waals surface area contributed by atoms with Crippen LogP contribution in [0, 0.1) is 5.92 Å². The Morgan fingerprint density at radius 3 is 2.27 bits per heavy atom. The minimum Gasteiger partial charge on any atom is -0.493 e. The number of carboxylic acids is 1. The first-order chi connectivity index (χ1) is 19.9. The number of benzene rings is 3. The van der Waals surface area contributed by atoms with Gasteiger partial charge in [0.25, 0.3) is 0 Å². The molecule has 216 valence electrons. The maximum atomic E-state index is 12.8. The summed E-state index contributed by atoms with van der Waals surface area (Å²) in [4.78, 5) is 27.4. The van der Waals surface area contributed by atoms with Gasteiger partial charge in [0.15, 0.2) is 11.5 Å². The molecule has 3 aromatic carbocycles. The average Bonchev–Trinajstić information content (AvgIpc) is 3.31. The van der Waals surface area contributed by atoms with Gasteiger partial charge in [-0.25, -0.2) is 9.59 Å². The third kappa shape index (κ3) is 6.65. The van der Waals surface area contributed by atoms with Gasteiger partial charge in [0.2, 0.25) is 0 Å². The van der Waals surface area contributed by atoms with E-state index in [2.05, 4.69) is 29.3 Å². The van der Waals surface area contributed by atoms with E-state index in [0.717, 1.165) is 47.8 Å². The topological polar surface area (TPSA) is 97.3 Å². The molecule has 3 aromatic rings. The predicted molar refractivity (Wildman–Crippen MR) is 157 cm³/mol. The summed E-state index contributed by atoms with van der Waals surface area (Å²) < 4.78 is 17.3. The van der Waals surface area contributed by atoms with Crippen LogP contribution in [0.4, 0.5) is 4.79 Å². The third-order valence-corrected chi connectivity index (χ3v) is 8.17. The zero-order chi connectivity index (χ0) is 28.8. The van der Waals surface area contributed by atoms with Gasteiger partial charge in [-0.05, 0) is 60.2 Å². The van der Waals surface area contributed by atoms with E-state index >= 15 is 0 Å². The molecule has 8 nitrogen and oxygen atoms in total. The van der Waals surface area contributed by atoms with Crippen LogP contribution in [0.3, 0.4) is 0 Å². The van der Waals surface area contributed by atoms with Crippen molar-refractivity contribution in [3.63, 3.8) is 0 Å². The zero-order valence-electron chi connectivity index (χ0n) is 23.7. The average molecular weight is 559 g/mol. The Morgan fingerprint density at radius 1 is 0.976 bits per heavy atom. The molecular weight excluding hydrogens is 520 g/mol. The highest BCUT2D eigenvalue weighted by atomic mass is 16.5. The Balaban J connectivity index is 1.22. The van der Waals surface area contributed by atoms with Crippen LogP contribution in [-0.2, 0) is 16.0 Å².